The highest BCUT2D eigenvalue weighted by Gasteiger charge is 2.19. The number of carboxylic acid groups (broad SMARTS) is 1. The number of rotatable bonds is 4. The van der Waals surface area contributed by atoms with Crippen molar-refractivity contribution < 1.29 is 23.1 Å². The number of methoxy groups -OCH3 is 1. The van der Waals surface area contributed by atoms with E-state index in [1.165, 1.54) is 25.3 Å². The van der Waals surface area contributed by atoms with Crippen molar-refractivity contribution in [2.75, 3.05) is 13.4 Å². The van der Waals surface area contributed by atoms with Crippen LogP contribution in [-0.4, -0.2) is 32.9 Å². The van der Waals surface area contributed by atoms with Gasteiger partial charge < -0.3 is 15.6 Å². The second kappa shape index (κ2) is 4.72. The normalized spacial score (nSPS) is 13.1. The summed E-state index contributed by atoms with van der Waals surface area (Å²) in [6, 6.07) is 2.75. The summed E-state index contributed by atoms with van der Waals surface area (Å²) in [5, 5.41) is 8.74. The van der Waals surface area contributed by atoms with Crippen LogP contribution in [-0.2, 0) is 14.6 Å². The van der Waals surface area contributed by atoms with Gasteiger partial charge in [-0.2, -0.15) is 0 Å². The molecule has 0 bridgehead atoms. The lowest BCUT2D eigenvalue weighted by atomic mass is 10.1. The Kier molecular flexibility index (Phi) is 3.74. The Morgan fingerprint density at radius 2 is 2.06 bits per heavy atom. The summed E-state index contributed by atoms with van der Waals surface area (Å²) in [5.41, 5.74) is 5.70. The first-order valence-electron chi connectivity index (χ1n) is 4.63. The first-order chi connectivity index (χ1) is 7.77. The molecule has 7 heteroatoms. The van der Waals surface area contributed by atoms with Crippen LogP contribution in [0.15, 0.2) is 23.1 Å². The van der Waals surface area contributed by atoms with Crippen LogP contribution in [0.2, 0.25) is 0 Å². The lowest BCUT2D eigenvalue weighted by molar-refractivity contribution is -0.138. The van der Waals surface area contributed by atoms with Gasteiger partial charge in [0.05, 0.1) is 7.11 Å². The maximum absolute atomic E-state index is 11.4. The highest BCUT2D eigenvalue weighted by Crippen LogP contribution is 2.26. The molecular weight excluding hydrogens is 246 g/mol. The number of hydrogen-bond donors (Lipinski definition) is 2. The topological polar surface area (TPSA) is 107 Å². The van der Waals surface area contributed by atoms with E-state index in [0.717, 1.165) is 6.26 Å². The van der Waals surface area contributed by atoms with E-state index in [2.05, 4.69) is 0 Å². The predicted octanol–water partition coefficient (Wildman–Crippen LogP) is 0.183. The van der Waals surface area contributed by atoms with Crippen molar-refractivity contribution in [2.45, 2.75) is 10.9 Å². The molecule has 0 heterocycles. The molecule has 0 saturated carbocycles. The van der Waals surface area contributed by atoms with Crippen LogP contribution in [0.25, 0.3) is 0 Å². The molecule has 17 heavy (non-hydrogen) atoms. The maximum Gasteiger partial charge on any atom is 0.325 e. The molecule has 0 spiro atoms. The van der Waals surface area contributed by atoms with Crippen molar-refractivity contribution in [2.24, 2.45) is 5.73 Å². The van der Waals surface area contributed by atoms with Gasteiger partial charge in [0.1, 0.15) is 16.7 Å². The third kappa shape index (κ3) is 2.95. The highest BCUT2D eigenvalue weighted by atomic mass is 32.2. The Bertz CT molecular complexity index is 538. The third-order valence-corrected chi connectivity index (χ3v) is 3.35. The van der Waals surface area contributed by atoms with E-state index >= 15 is 0 Å². The van der Waals surface area contributed by atoms with Gasteiger partial charge in [0.25, 0.3) is 0 Å². The molecule has 1 atom stereocenters. The average Bonchev–Trinajstić information content (AvgIpc) is 2.25. The second-order valence-corrected chi connectivity index (χ2v) is 5.48. The number of aliphatic carboxylic acids is 1. The smallest absolute Gasteiger partial charge is 0.325 e. The SMILES string of the molecule is COc1cc(C(N)C(=O)O)ccc1S(C)(=O)=O. The van der Waals surface area contributed by atoms with Crippen LogP contribution in [0.4, 0.5) is 0 Å². The molecular formula is C10H13NO5S. The van der Waals surface area contributed by atoms with Gasteiger partial charge in [-0.3, -0.25) is 4.79 Å². The van der Waals surface area contributed by atoms with E-state index < -0.39 is 21.8 Å². The van der Waals surface area contributed by atoms with Crippen molar-refractivity contribution in [3.05, 3.63) is 23.8 Å². The summed E-state index contributed by atoms with van der Waals surface area (Å²) in [5.74, 6) is -1.11. The standard InChI is InChI=1S/C10H13NO5S/c1-16-7-5-6(9(11)10(12)13)3-4-8(7)17(2,14)15/h3-5,9H,11H2,1-2H3,(H,12,13). The molecule has 6 nitrogen and oxygen atoms in total. The fourth-order valence-electron chi connectivity index (χ4n) is 1.33. The minimum atomic E-state index is -3.42. The Morgan fingerprint density at radius 1 is 1.47 bits per heavy atom. The lowest BCUT2D eigenvalue weighted by Crippen LogP contribution is -2.20. The minimum Gasteiger partial charge on any atom is -0.495 e. The zero-order valence-electron chi connectivity index (χ0n) is 9.38. The average molecular weight is 259 g/mol. The molecule has 3 N–H and O–H groups in total. The van der Waals surface area contributed by atoms with Crippen molar-refractivity contribution in [3.8, 4) is 5.75 Å². The summed E-state index contributed by atoms with van der Waals surface area (Å²) in [7, 11) is -2.12. The highest BCUT2D eigenvalue weighted by molar-refractivity contribution is 7.90. The van der Waals surface area contributed by atoms with Crippen LogP contribution in [0.1, 0.15) is 11.6 Å². The summed E-state index contributed by atoms with van der Waals surface area (Å²) < 4.78 is 27.7. The zero-order chi connectivity index (χ0) is 13.2. The van der Waals surface area contributed by atoms with Crippen molar-refractivity contribution in [1.29, 1.82) is 0 Å². The van der Waals surface area contributed by atoms with Gasteiger partial charge in [0, 0.05) is 6.26 Å². The number of sulfone groups is 1. The maximum atomic E-state index is 11.4. The molecule has 0 aromatic heterocycles. The first kappa shape index (κ1) is 13.5. The monoisotopic (exact) mass is 259 g/mol. The molecule has 1 rings (SSSR count). The quantitative estimate of drug-likeness (QED) is 0.799. The fraction of sp³-hybridized carbons (Fsp3) is 0.300. The number of nitrogens with two attached hydrogens (primary N) is 1. The first-order valence-corrected chi connectivity index (χ1v) is 6.53. The zero-order valence-corrected chi connectivity index (χ0v) is 10.2. The Morgan fingerprint density at radius 3 is 2.47 bits per heavy atom. The van der Waals surface area contributed by atoms with Gasteiger partial charge in [-0.05, 0) is 17.7 Å². The van der Waals surface area contributed by atoms with Crippen LogP contribution in [0.5, 0.6) is 5.75 Å². The summed E-state index contributed by atoms with van der Waals surface area (Å²) in [6.45, 7) is 0. The van der Waals surface area contributed by atoms with Crippen LogP contribution < -0.4 is 10.5 Å². The summed E-state index contributed by atoms with van der Waals surface area (Å²) >= 11 is 0. The molecule has 1 aromatic rings. The molecule has 1 unspecified atom stereocenters. The number of carboxylic acids is 1. The third-order valence-electron chi connectivity index (χ3n) is 2.21. The van der Waals surface area contributed by atoms with Crippen LogP contribution >= 0.6 is 0 Å². The Hall–Kier alpha value is -1.60. The van der Waals surface area contributed by atoms with Gasteiger partial charge in [-0.1, -0.05) is 6.07 Å². The number of benzene rings is 1. The van der Waals surface area contributed by atoms with Gasteiger partial charge in [-0.15, -0.1) is 0 Å². The van der Waals surface area contributed by atoms with E-state index in [0.29, 0.717) is 0 Å². The molecule has 0 fully saturated rings. The van der Waals surface area contributed by atoms with Gasteiger partial charge in [0.2, 0.25) is 0 Å². The molecule has 1 aromatic carbocycles. The molecule has 0 aliphatic rings. The van der Waals surface area contributed by atoms with Crippen LogP contribution in [0, 0.1) is 0 Å². The van der Waals surface area contributed by atoms with Crippen molar-refractivity contribution in [3.63, 3.8) is 0 Å². The van der Waals surface area contributed by atoms with Gasteiger partial charge >= 0.3 is 5.97 Å². The lowest BCUT2D eigenvalue weighted by Gasteiger charge is -2.11. The molecule has 0 radical (unpaired) electrons. The van der Waals surface area contributed by atoms with E-state index in [1.54, 1.807) is 0 Å². The van der Waals surface area contributed by atoms with E-state index in [-0.39, 0.29) is 16.2 Å². The molecule has 0 aliphatic heterocycles. The molecule has 0 aliphatic carbocycles. The number of ether oxygens (including phenoxy) is 1. The van der Waals surface area contributed by atoms with Gasteiger partial charge in [-0.25, -0.2) is 8.42 Å². The predicted molar refractivity (Wildman–Crippen MR) is 60.7 cm³/mol. The van der Waals surface area contributed by atoms with E-state index in [1.807, 2.05) is 0 Å². The minimum absolute atomic E-state index is 0.00124. The van der Waals surface area contributed by atoms with Gasteiger partial charge in [0.15, 0.2) is 9.84 Å². The van der Waals surface area contributed by atoms with Crippen molar-refractivity contribution >= 4 is 15.8 Å². The van der Waals surface area contributed by atoms with E-state index in [9.17, 15) is 13.2 Å². The largest absolute Gasteiger partial charge is 0.495 e. The fourth-order valence-corrected chi connectivity index (χ4v) is 2.15. The Balaban J connectivity index is 3.32. The molecule has 0 amide bonds. The van der Waals surface area contributed by atoms with Crippen molar-refractivity contribution in [1.82, 2.24) is 0 Å². The number of hydrogen-bond acceptors (Lipinski definition) is 5. The molecule has 94 valence electrons. The number of carbonyl (C=O) groups is 1. The second-order valence-electron chi connectivity index (χ2n) is 3.50. The van der Waals surface area contributed by atoms with Crippen LogP contribution in [0.3, 0.4) is 0 Å². The summed E-state index contributed by atoms with van der Waals surface area (Å²) in [4.78, 5) is 10.7. The Labute approximate surface area is 98.9 Å². The summed E-state index contributed by atoms with van der Waals surface area (Å²) in [6.07, 6.45) is 1.04. The van der Waals surface area contributed by atoms with E-state index in [4.69, 9.17) is 15.6 Å². The molecule has 0 saturated heterocycles.